The average Bonchev–Trinajstić information content (AvgIpc) is 3.02. The number of nitrogens with one attached hydrogen (secondary N) is 2. The van der Waals surface area contributed by atoms with E-state index in [1.807, 2.05) is 18.3 Å². The highest BCUT2D eigenvalue weighted by Gasteiger charge is 2.10. The summed E-state index contributed by atoms with van der Waals surface area (Å²) >= 11 is 0. The summed E-state index contributed by atoms with van der Waals surface area (Å²) in [5.74, 6) is 0.654. The molecule has 0 aliphatic heterocycles. The molecule has 7 heteroatoms. The first-order valence-electron chi connectivity index (χ1n) is 7.33. The molecule has 2 N–H and O–H groups in total. The number of hydrogen-bond donors (Lipinski definition) is 2. The van der Waals surface area contributed by atoms with Crippen molar-refractivity contribution in [2.24, 2.45) is 0 Å². The van der Waals surface area contributed by atoms with Crippen LogP contribution >= 0.6 is 0 Å². The van der Waals surface area contributed by atoms with Crippen LogP contribution in [0.25, 0.3) is 11.2 Å². The molecule has 0 saturated carbocycles. The third-order valence-electron chi connectivity index (χ3n) is 3.17. The van der Waals surface area contributed by atoms with E-state index in [9.17, 15) is 0 Å². The predicted molar refractivity (Wildman–Crippen MR) is 83.7 cm³/mol. The summed E-state index contributed by atoms with van der Waals surface area (Å²) in [6.45, 7) is 3.34. The second-order valence-electron chi connectivity index (χ2n) is 4.87. The van der Waals surface area contributed by atoms with Crippen LogP contribution in [0.2, 0.25) is 0 Å². The van der Waals surface area contributed by atoms with Crippen LogP contribution in [0.1, 0.15) is 25.3 Å². The largest absolute Gasteiger partial charge is 0.463 e. The Kier molecular flexibility index (Phi) is 4.43. The summed E-state index contributed by atoms with van der Waals surface area (Å²) in [5, 5.41) is 3.27. The van der Waals surface area contributed by atoms with Crippen molar-refractivity contribution < 1.29 is 4.74 Å². The van der Waals surface area contributed by atoms with E-state index in [1.165, 1.54) is 0 Å². The van der Waals surface area contributed by atoms with E-state index in [1.54, 1.807) is 12.5 Å². The van der Waals surface area contributed by atoms with Crippen LogP contribution in [0.3, 0.4) is 0 Å². The average molecular weight is 298 g/mol. The minimum atomic E-state index is 0.360. The molecule has 0 radical (unpaired) electrons. The van der Waals surface area contributed by atoms with Crippen molar-refractivity contribution in [2.45, 2.75) is 26.3 Å². The molecular weight excluding hydrogens is 280 g/mol. The maximum absolute atomic E-state index is 5.59. The third-order valence-corrected chi connectivity index (χ3v) is 3.17. The Hall–Kier alpha value is -2.70. The summed E-state index contributed by atoms with van der Waals surface area (Å²) < 4.78 is 5.59. The van der Waals surface area contributed by atoms with Crippen molar-refractivity contribution in [1.29, 1.82) is 0 Å². The van der Waals surface area contributed by atoms with Crippen LogP contribution in [0.15, 0.2) is 30.9 Å². The normalized spacial score (nSPS) is 10.8. The Morgan fingerprint density at radius 1 is 1.32 bits per heavy atom. The molecule has 0 bridgehead atoms. The molecule has 0 atom stereocenters. The van der Waals surface area contributed by atoms with E-state index < -0.39 is 0 Å². The zero-order valence-electron chi connectivity index (χ0n) is 12.4. The number of pyridine rings is 1. The second-order valence-corrected chi connectivity index (χ2v) is 4.87. The monoisotopic (exact) mass is 298 g/mol. The van der Waals surface area contributed by atoms with Crippen molar-refractivity contribution in [1.82, 2.24) is 24.9 Å². The fourth-order valence-electron chi connectivity index (χ4n) is 2.00. The number of unbranched alkanes of at least 4 members (excludes halogenated alkanes) is 1. The first-order chi connectivity index (χ1) is 10.9. The first-order valence-corrected chi connectivity index (χ1v) is 7.33. The Labute approximate surface area is 128 Å². The number of nitrogens with zero attached hydrogens (tertiary/aromatic N) is 4. The molecule has 0 aliphatic rings. The minimum absolute atomic E-state index is 0.360. The van der Waals surface area contributed by atoms with Crippen molar-refractivity contribution in [3.8, 4) is 6.01 Å². The topological polar surface area (TPSA) is 88.6 Å². The van der Waals surface area contributed by atoms with Crippen LogP contribution in [0, 0.1) is 0 Å². The number of aromatic amines is 1. The molecule has 0 amide bonds. The van der Waals surface area contributed by atoms with Crippen molar-refractivity contribution in [2.75, 3.05) is 11.9 Å². The van der Waals surface area contributed by atoms with Gasteiger partial charge in [-0.15, -0.1) is 0 Å². The van der Waals surface area contributed by atoms with E-state index in [2.05, 4.69) is 37.2 Å². The van der Waals surface area contributed by atoms with Crippen LogP contribution in [-0.4, -0.2) is 31.5 Å². The summed E-state index contributed by atoms with van der Waals surface area (Å²) in [4.78, 5) is 20.1. The summed E-state index contributed by atoms with van der Waals surface area (Å²) in [5.41, 5.74) is 2.43. The molecule has 3 heterocycles. The van der Waals surface area contributed by atoms with E-state index in [0.29, 0.717) is 36.1 Å². The Bertz CT molecular complexity index is 727. The molecule has 0 fully saturated rings. The molecule has 3 aromatic rings. The maximum atomic E-state index is 5.59. The number of H-pyrrole nitrogens is 1. The first kappa shape index (κ1) is 14.2. The van der Waals surface area contributed by atoms with E-state index in [4.69, 9.17) is 4.74 Å². The zero-order chi connectivity index (χ0) is 15.2. The summed E-state index contributed by atoms with van der Waals surface area (Å²) in [6.07, 6.45) is 7.21. The predicted octanol–water partition coefficient (Wildman–Crippen LogP) is 2.54. The number of rotatable bonds is 7. The molecule has 3 rings (SSSR count). The van der Waals surface area contributed by atoms with Gasteiger partial charge in [-0.3, -0.25) is 4.98 Å². The second kappa shape index (κ2) is 6.84. The highest BCUT2D eigenvalue weighted by Crippen LogP contribution is 2.20. The van der Waals surface area contributed by atoms with Gasteiger partial charge in [0.2, 0.25) is 0 Å². The van der Waals surface area contributed by atoms with Crippen LogP contribution in [-0.2, 0) is 6.54 Å². The van der Waals surface area contributed by atoms with Crippen LogP contribution in [0.5, 0.6) is 6.01 Å². The molecule has 0 unspecified atom stereocenters. The van der Waals surface area contributed by atoms with Gasteiger partial charge < -0.3 is 15.0 Å². The molecular formula is C15H18N6O. The van der Waals surface area contributed by atoms with Gasteiger partial charge >= 0.3 is 6.01 Å². The van der Waals surface area contributed by atoms with E-state index in [0.717, 1.165) is 18.4 Å². The minimum Gasteiger partial charge on any atom is -0.463 e. The SMILES string of the molecule is CCCCOc1nc(NCc2cccnc2)c2nc[nH]c2n1. The highest BCUT2D eigenvalue weighted by molar-refractivity contribution is 5.82. The molecule has 22 heavy (non-hydrogen) atoms. The van der Waals surface area contributed by atoms with Gasteiger partial charge in [-0.05, 0) is 18.1 Å². The van der Waals surface area contributed by atoms with Crippen molar-refractivity contribution >= 4 is 17.0 Å². The Balaban J connectivity index is 1.79. The molecule has 7 nitrogen and oxygen atoms in total. The molecule has 114 valence electrons. The lowest BCUT2D eigenvalue weighted by molar-refractivity contribution is 0.287. The van der Waals surface area contributed by atoms with E-state index >= 15 is 0 Å². The number of anilines is 1. The van der Waals surface area contributed by atoms with Gasteiger partial charge in [-0.2, -0.15) is 9.97 Å². The lowest BCUT2D eigenvalue weighted by atomic mass is 10.3. The Morgan fingerprint density at radius 2 is 2.27 bits per heavy atom. The summed E-state index contributed by atoms with van der Waals surface area (Å²) in [7, 11) is 0. The highest BCUT2D eigenvalue weighted by atomic mass is 16.5. The van der Waals surface area contributed by atoms with E-state index in [-0.39, 0.29) is 0 Å². The standard InChI is InChI=1S/C15H18N6O/c1-2-3-7-22-15-20-13(12-14(21-15)19-10-18-12)17-9-11-5-4-6-16-8-11/h4-6,8,10H,2-3,7,9H2,1H3,(H2,17,18,19,20,21). The van der Waals surface area contributed by atoms with Crippen molar-refractivity contribution in [3.63, 3.8) is 0 Å². The van der Waals surface area contributed by atoms with Gasteiger partial charge in [0.1, 0.15) is 5.52 Å². The molecule has 0 aliphatic carbocycles. The third kappa shape index (κ3) is 3.30. The smallest absolute Gasteiger partial charge is 0.320 e. The quantitative estimate of drug-likeness (QED) is 0.652. The van der Waals surface area contributed by atoms with Crippen LogP contribution in [0.4, 0.5) is 5.82 Å². The summed E-state index contributed by atoms with van der Waals surface area (Å²) in [6, 6.07) is 4.26. The van der Waals surface area contributed by atoms with Gasteiger partial charge in [-0.25, -0.2) is 4.98 Å². The van der Waals surface area contributed by atoms with Gasteiger partial charge in [0.25, 0.3) is 0 Å². The number of aromatic nitrogens is 5. The molecule has 0 spiro atoms. The number of imidazole rings is 1. The van der Waals surface area contributed by atoms with Gasteiger partial charge in [0, 0.05) is 18.9 Å². The lowest BCUT2D eigenvalue weighted by Crippen LogP contribution is -2.06. The number of ether oxygens (including phenoxy) is 1. The molecule has 0 aromatic carbocycles. The van der Waals surface area contributed by atoms with Gasteiger partial charge in [0.05, 0.1) is 12.9 Å². The number of hydrogen-bond acceptors (Lipinski definition) is 6. The molecule has 0 saturated heterocycles. The van der Waals surface area contributed by atoms with Gasteiger partial charge in [-0.1, -0.05) is 19.4 Å². The Morgan fingerprint density at radius 3 is 3.09 bits per heavy atom. The number of fused-ring (bicyclic) bond motifs is 1. The van der Waals surface area contributed by atoms with Crippen molar-refractivity contribution in [3.05, 3.63) is 36.4 Å². The zero-order valence-corrected chi connectivity index (χ0v) is 12.4. The fraction of sp³-hybridized carbons (Fsp3) is 0.333. The fourth-order valence-corrected chi connectivity index (χ4v) is 2.00. The lowest BCUT2D eigenvalue weighted by Gasteiger charge is -2.08. The van der Waals surface area contributed by atoms with Crippen LogP contribution < -0.4 is 10.1 Å². The van der Waals surface area contributed by atoms with Gasteiger partial charge in [0.15, 0.2) is 11.5 Å². The molecule has 3 aromatic heterocycles. The maximum Gasteiger partial charge on any atom is 0.320 e.